The number of hydrogen-bond donors (Lipinski definition) is 2. The van der Waals surface area contributed by atoms with Crippen molar-refractivity contribution in [1.82, 2.24) is 9.88 Å². The van der Waals surface area contributed by atoms with Gasteiger partial charge in [0.25, 0.3) is 17.6 Å². The van der Waals surface area contributed by atoms with Gasteiger partial charge in [0.1, 0.15) is 18.1 Å². The third kappa shape index (κ3) is 3.91. The summed E-state index contributed by atoms with van der Waals surface area (Å²) >= 11 is 0. The standard InChI is InChI=1S/C22H24F2N3O5P/c1-12-17(19(28)21(30)26-22(10-32-11-22)33(2,3)31)16-5-4-8-27(16)18(12)20(29)25-13-6-7-14(23)15(24)9-13/h6-7,9H,4-5,8,10-11H2,1-3H3,(H,25,29)(H,26,30). The number of carbonyl (C=O) groups excluding carboxylic acids is 3. The molecule has 33 heavy (non-hydrogen) atoms. The second-order valence-electron chi connectivity index (χ2n) is 8.79. The van der Waals surface area contributed by atoms with Gasteiger partial charge in [0.05, 0.1) is 18.8 Å². The SMILES string of the molecule is Cc1c(C(=O)C(=O)NC2(P(C)(C)=O)COC2)c2n(c1C(=O)Nc1ccc(F)c(F)c1)CCC2. The summed E-state index contributed by atoms with van der Waals surface area (Å²) in [6, 6.07) is 3.00. The molecule has 0 atom stereocenters. The number of rotatable bonds is 6. The molecule has 2 aromatic rings. The summed E-state index contributed by atoms with van der Waals surface area (Å²) in [5.41, 5.74) is 1.27. The van der Waals surface area contributed by atoms with E-state index in [4.69, 9.17) is 4.74 Å². The van der Waals surface area contributed by atoms with E-state index < -0.39 is 41.7 Å². The molecule has 0 bridgehead atoms. The summed E-state index contributed by atoms with van der Waals surface area (Å²) in [6.07, 6.45) is 1.18. The van der Waals surface area contributed by atoms with Gasteiger partial charge >= 0.3 is 0 Å². The van der Waals surface area contributed by atoms with Crippen molar-refractivity contribution in [2.45, 2.75) is 31.6 Å². The molecule has 1 aromatic heterocycles. The maximum atomic E-state index is 13.5. The number of carbonyl (C=O) groups is 3. The number of benzene rings is 1. The first-order chi connectivity index (χ1) is 15.4. The Bertz CT molecular complexity index is 1230. The lowest BCUT2D eigenvalue weighted by Gasteiger charge is -2.44. The van der Waals surface area contributed by atoms with Gasteiger partial charge in [-0.2, -0.15) is 0 Å². The van der Waals surface area contributed by atoms with Crippen LogP contribution in [0.15, 0.2) is 18.2 Å². The van der Waals surface area contributed by atoms with Gasteiger partial charge < -0.3 is 24.5 Å². The fourth-order valence-electron chi connectivity index (χ4n) is 4.27. The number of anilines is 1. The molecule has 3 heterocycles. The Kier molecular flexibility index (Phi) is 5.78. The topological polar surface area (TPSA) is 106 Å². The summed E-state index contributed by atoms with van der Waals surface area (Å²) < 4.78 is 46.2. The zero-order chi connectivity index (χ0) is 24.1. The predicted molar refractivity (Wildman–Crippen MR) is 117 cm³/mol. The molecule has 2 aliphatic rings. The molecule has 2 amide bonds. The highest BCUT2D eigenvalue weighted by atomic mass is 31.2. The molecule has 1 fully saturated rings. The smallest absolute Gasteiger partial charge is 0.293 e. The van der Waals surface area contributed by atoms with Crippen molar-refractivity contribution in [2.75, 3.05) is 31.9 Å². The molecule has 176 valence electrons. The van der Waals surface area contributed by atoms with Gasteiger partial charge in [0.15, 0.2) is 11.6 Å². The monoisotopic (exact) mass is 479 g/mol. The van der Waals surface area contributed by atoms with Gasteiger partial charge in [-0.1, -0.05) is 0 Å². The van der Waals surface area contributed by atoms with E-state index >= 15 is 0 Å². The second kappa shape index (κ2) is 8.18. The normalized spacial score (nSPS) is 16.6. The first-order valence-corrected chi connectivity index (χ1v) is 13.0. The van der Waals surface area contributed by atoms with Crippen molar-refractivity contribution in [3.8, 4) is 0 Å². The Morgan fingerprint density at radius 1 is 1.15 bits per heavy atom. The van der Waals surface area contributed by atoms with Gasteiger partial charge in [0, 0.05) is 24.0 Å². The molecule has 11 heteroatoms. The van der Waals surface area contributed by atoms with Crippen LogP contribution in [-0.4, -0.2) is 54.0 Å². The largest absolute Gasteiger partial charge is 0.375 e. The minimum absolute atomic E-state index is 0.0606. The number of nitrogens with zero attached hydrogens (tertiary/aromatic N) is 1. The Balaban J connectivity index is 1.64. The van der Waals surface area contributed by atoms with Crippen LogP contribution in [0.1, 0.15) is 38.5 Å². The van der Waals surface area contributed by atoms with Gasteiger partial charge in [-0.05, 0) is 50.8 Å². The summed E-state index contributed by atoms with van der Waals surface area (Å²) in [4.78, 5) is 39.0. The fourth-order valence-corrected chi connectivity index (χ4v) is 5.45. The van der Waals surface area contributed by atoms with E-state index in [1.165, 1.54) is 19.4 Å². The molecule has 2 N–H and O–H groups in total. The van der Waals surface area contributed by atoms with E-state index in [1.807, 2.05) is 0 Å². The Morgan fingerprint density at radius 2 is 1.85 bits per heavy atom. The lowest BCUT2D eigenvalue weighted by molar-refractivity contribution is -0.122. The number of ketones is 1. The predicted octanol–water partition coefficient (Wildman–Crippen LogP) is 2.92. The number of nitrogens with one attached hydrogen (secondary N) is 2. The molecule has 4 rings (SSSR count). The lowest BCUT2D eigenvalue weighted by Crippen LogP contribution is -2.62. The highest BCUT2D eigenvalue weighted by molar-refractivity contribution is 7.64. The minimum atomic E-state index is -2.81. The molecular weight excluding hydrogens is 455 g/mol. The average Bonchev–Trinajstić information content (AvgIpc) is 3.25. The van der Waals surface area contributed by atoms with Crippen LogP contribution < -0.4 is 10.6 Å². The Morgan fingerprint density at radius 3 is 2.42 bits per heavy atom. The third-order valence-electron chi connectivity index (χ3n) is 6.29. The number of amides is 2. The Hall–Kier alpha value is -2.84. The van der Waals surface area contributed by atoms with Crippen LogP contribution in [0.4, 0.5) is 14.5 Å². The van der Waals surface area contributed by atoms with Crippen LogP contribution in [0, 0.1) is 18.6 Å². The number of aromatic nitrogens is 1. The molecule has 8 nitrogen and oxygen atoms in total. The third-order valence-corrected chi connectivity index (χ3v) is 8.73. The van der Waals surface area contributed by atoms with Crippen LogP contribution in [0.3, 0.4) is 0 Å². The second-order valence-corrected chi connectivity index (χ2v) is 12.3. The Labute approximate surface area is 189 Å². The number of hydrogen-bond acceptors (Lipinski definition) is 5. The number of Topliss-reactive ketones (excluding diaryl/α,β-unsaturated/α-hetero) is 1. The summed E-state index contributed by atoms with van der Waals surface area (Å²) in [7, 11) is -2.81. The summed E-state index contributed by atoms with van der Waals surface area (Å²) in [5, 5.41) is 4.06. The zero-order valence-corrected chi connectivity index (χ0v) is 19.4. The van der Waals surface area contributed by atoms with E-state index in [0.717, 1.165) is 12.1 Å². The summed E-state index contributed by atoms with van der Waals surface area (Å²) in [6.45, 7) is 5.22. The number of ether oxygens (including phenoxy) is 1. The van der Waals surface area contributed by atoms with Crippen LogP contribution in [-0.2, 0) is 27.1 Å². The van der Waals surface area contributed by atoms with Crippen LogP contribution in [0.5, 0.6) is 0 Å². The van der Waals surface area contributed by atoms with E-state index in [9.17, 15) is 27.7 Å². The highest BCUT2D eigenvalue weighted by Crippen LogP contribution is 2.53. The minimum Gasteiger partial charge on any atom is -0.375 e. The molecule has 0 radical (unpaired) electrons. The van der Waals surface area contributed by atoms with Crippen molar-refractivity contribution >= 4 is 30.4 Å². The van der Waals surface area contributed by atoms with Crippen molar-refractivity contribution in [1.29, 1.82) is 0 Å². The van der Waals surface area contributed by atoms with Gasteiger partial charge in [-0.3, -0.25) is 14.4 Å². The van der Waals surface area contributed by atoms with Gasteiger partial charge in [-0.15, -0.1) is 0 Å². The van der Waals surface area contributed by atoms with E-state index in [2.05, 4.69) is 10.6 Å². The van der Waals surface area contributed by atoms with Crippen LogP contribution in [0.2, 0.25) is 0 Å². The van der Waals surface area contributed by atoms with Crippen molar-refractivity contribution in [3.05, 3.63) is 52.3 Å². The first-order valence-electron chi connectivity index (χ1n) is 10.4. The van der Waals surface area contributed by atoms with E-state index in [-0.39, 0.29) is 30.2 Å². The molecule has 1 aromatic carbocycles. The fraction of sp³-hybridized carbons (Fsp3) is 0.409. The van der Waals surface area contributed by atoms with Crippen molar-refractivity contribution in [2.24, 2.45) is 0 Å². The maximum absolute atomic E-state index is 13.5. The van der Waals surface area contributed by atoms with E-state index in [1.54, 1.807) is 11.5 Å². The van der Waals surface area contributed by atoms with E-state index in [0.29, 0.717) is 30.6 Å². The molecule has 0 unspecified atom stereocenters. The van der Waals surface area contributed by atoms with Crippen molar-refractivity contribution in [3.63, 3.8) is 0 Å². The average molecular weight is 479 g/mol. The highest BCUT2D eigenvalue weighted by Gasteiger charge is 2.51. The number of fused-ring (bicyclic) bond motifs is 1. The maximum Gasteiger partial charge on any atom is 0.293 e. The van der Waals surface area contributed by atoms with Crippen molar-refractivity contribution < 1.29 is 32.5 Å². The van der Waals surface area contributed by atoms with Gasteiger partial charge in [-0.25, -0.2) is 8.78 Å². The first kappa shape index (κ1) is 23.3. The van der Waals surface area contributed by atoms with Crippen LogP contribution in [0.25, 0.3) is 0 Å². The lowest BCUT2D eigenvalue weighted by atomic mass is 10.0. The molecule has 0 saturated carbocycles. The molecule has 2 aliphatic heterocycles. The molecule has 1 saturated heterocycles. The quantitative estimate of drug-likeness (QED) is 0.377. The molecular formula is C22H24F2N3O5P. The summed E-state index contributed by atoms with van der Waals surface area (Å²) in [5.74, 6) is -4.46. The molecule has 0 spiro atoms. The van der Waals surface area contributed by atoms with Crippen LogP contribution >= 0.6 is 7.14 Å². The van der Waals surface area contributed by atoms with Gasteiger partial charge in [0.2, 0.25) is 0 Å². The molecule has 0 aliphatic carbocycles. The number of halogens is 2. The zero-order valence-electron chi connectivity index (χ0n) is 18.5.